The number of amides is 1. The highest BCUT2D eigenvalue weighted by Gasteiger charge is 2.20. The summed E-state index contributed by atoms with van der Waals surface area (Å²) >= 11 is 1.24. The third-order valence-corrected chi connectivity index (χ3v) is 5.57. The van der Waals surface area contributed by atoms with E-state index in [1.54, 1.807) is 13.0 Å². The summed E-state index contributed by atoms with van der Waals surface area (Å²) in [7, 11) is 0. The number of ether oxygens (including phenoxy) is 1. The number of anilines is 1. The van der Waals surface area contributed by atoms with Crippen molar-refractivity contribution in [3.05, 3.63) is 87.5 Å². The summed E-state index contributed by atoms with van der Waals surface area (Å²) in [6.45, 7) is 2.16. The van der Waals surface area contributed by atoms with Crippen LogP contribution in [0.15, 0.2) is 76.0 Å². The molecule has 0 aliphatic rings. The largest absolute Gasteiger partial charge is 0.494 e. The van der Waals surface area contributed by atoms with E-state index >= 15 is 0 Å². The minimum Gasteiger partial charge on any atom is -0.494 e. The summed E-state index contributed by atoms with van der Waals surface area (Å²) in [5.41, 5.74) is 1.48. The fourth-order valence-corrected chi connectivity index (χ4v) is 3.95. The molecule has 2 heterocycles. The number of rotatable bonds is 8. The number of carbonyl (C=O) groups excluding carboxylic acids is 1. The Morgan fingerprint density at radius 3 is 2.77 bits per heavy atom. The van der Waals surface area contributed by atoms with Crippen LogP contribution < -0.4 is 10.1 Å². The predicted octanol–water partition coefficient (Wildman–Crippen LogP) is 5.92. The normalized spacial score (nSPS) is 11.0. The van der Waals surface area contributed by atoms with E-state index in [9.17, 15) is 20.2 Å². The Kier molecular flexibility index (Phi) is 6.99. The molecule has 1 N–H and O–H groups in total. The molecule has 0 unspecified atom stereocenters. The van der Waals surface area contributed by atoms with Gasteiger partial charge >= 0.3 is 0 Å². The number of aromatic nitrogens is 1. The Bertz CT molecular complexity index is 1450. The molecule has 0 atom stereocenters. The number of thiazole rings is 1. The van der Waals surface area contributed by atoms with Crippen molar-refractivity contribution in [1.82, 2.24) is 4.98 Å². The van der Waals surface area contributed by atoms with Crippen molar-refractivity contribution in [2.45, 2.75) is 6.92 Å². The van der Waals surface area contributed by atoms with E-state index in [1.165, 1.54) is 41.7 Å². The maximum Gasteiger partial charge on any atom is 0.284 e. The van der Waals surface area contributed by atoms with Crippen LogP contribution in [0.5, 0.6) is 5.75 Å². The molecule has 2 aromatic carbocycles. The van der Waals surface area contributed by atoms with E-state index in [2.05, 4.69) is 10.3 Å². The van der Waals surface area contributed by atoms with Gasteiger partial charge in [-0.2, -0.15) is 5.26 Å². The topological polar surface area (TPSA) is 131 Å². The van der Waals surface area contributed by atoms with Gasteiger partial charge in [-0.1, -0.05) is 30.3 Å². The monoisotopic (exact) mass is 486 g/mol. The quantitative estimate of drug-likeness (QED) is 0.141. The molecule has 0 spiro atoms. The molecule has 2 aromatic heterocycles. The van der Waals surface area contributed by atoms with Gasteiger partial charge in [-0.05, 0) is 31.2 Å². The van der Waals surface area contributed by atoms with E-state index in [0.29, 0.717) is 23.2 Å². The van der Waals surface area contributed by atoms with Crippen LogP contribution >= 0.6 is 11.3 Å². The summed E-state index contributed by atoms with van der Waals surface area (Å²) < 4.78 is 11.0. The van der Waals surface area contributed by atoms with Crippen LogP contribution in [-0.2, 0) is 4.79 Å². The van der Waals surface area contributed by atoms with Gasteiger partial charge in [0.25, 0.3) is 11.6 Å². The number of nitriles is 1. The summed E-state index contributed by atoms with van der Waals surface area (Å²) in [6.07, 6.45) is 1.27. The lowest BCUT2D eigenvalue weighted by atomic mass is 10.1. The standard InChI is InChI=1S/C25H18N4O5S/c1-2-33-18-8-10-20(22(13-18)29(31)32)23-11-9-19(34-23)12-17(14-26)24(30)28-25-27-21(15-35-25)16-6-4-3-5-7-16/h3-13,15H,2H2,1H3,(H,27,28,30). The Balaban J connectivity index is 1.54. The fraction of sp³-hybridized carbons (Fsp3) is 0.0800. The average molecular weight is 487 g/mol. The highest BCUT2D eigenvalue weighted by atomic mass is 32.1. The predicted molar refractivity (Wildman–Crippen MR) is 132 cm³/mol. The van der Waals surface area contributed by atoms with Crippen LogP contribution in [0.25, 0.3) is 28.7 Å². The number of nitrogens with one attached hydrogen (secondary N) is 1. The van der Waals surface area contributed by atoms with Crippen molar-refractivity contribution in [3.63, 3.8) is 0 Å². The second kappa shape index (κ2) is 10.5. The van der Waals surface area contributed by atoms with Crippen LogP contribution in [0.4, 0.5) is 10.8 Å². The molecule has 0 bridgehead atoms. The third-order valence-electron chi connectivity index (χ3n) is 4.82. The van der Waals surface area contributed by atoms with E-state index < -0.39 is 10.8 Å². The molecule has 0 aliphatic carbocycles. The first-order chi connectivity index (χ1) is 17.0. The number of nitro benzene ring substituents is 1. The molecule has 0 saturated carbocycles. The Morgan fingerprint density at radius 1 is 1.26 bits per heavy atom. The van der Waals surface area contributed by atoms with Gasteiger partial charge in [-0.3, -0.25) is 20.2 Å². The van der Waals surface area contributed by atoms with Crippen LogP contribution in [0.2, 0.25) is 0 Å². The molecular weight excluding hydrogens is 468 g/mol. The molecule has 1 amide bonds. The van der Waals surface area contributed by atoms with Crippen molar-refractivity contribution >= 4 is 34.1 Å². The van der Waals surface area contributed by atoms with Gasteiger partial charge in [-0.15, -0.1) is 11.3 Å². The minimum absolute atomic E-state index is 0.183. The maximum atomic E-state index is 12.6. The van der Waals surface area contributed by atoms with Crippen LogP contribution in [-0.4, -0.2) is 22.4 Å². The lowest BCUT2D eigenvalue weighted by molar-refractivity contribution is -0.384. The molecule has 9 nitrogen and oxygen atoms in total. The minimum atomic E-state index is -0.647. The first kappa shape index (κ1) is 23.4. The molecule has 4 aromatic rings. The lowest BCUT2D eigenvalue weighted by Crippen LogP contribution is -2.13. The van der Waals surface area contributed by atoms with Crippen LogP contribution in [0, 0.1) is 21.4 Å². The van der Waals surface area contributed by atoms with Gasteiger partial charge in [0.15, 0.2) is 5.13 Å². The molecule has 174 valence electrons. The molecule has 0 saturated heterocycles. The SMILES string of the molecule is CCOc1ccc(-c2ccc(C=C(C#N)C(=O)Nc3nc(-c4ccccc4)cs3)o2)c([N+](=O)[O-])c1. The molecule has 0 fully saturated rings. The average Bonchev–Trinajstić information content (AvgIpc) is 3.53. The van der Waals surface area contributed by atoms with Crippen LogP contribution in [0.3, 0.4) is 0 Å². The number of hydrogen-bond acceptors (Lipinski definition) is 8. The highest BCUT2D eigenvalue weighted by molar-refractivity contribution is 7.14. The van der Waals surface area contributed by atoms with Crippen molar-refractivity contribution in [3.8, 4) is 34.4 Å². The first-order valence-corrected chi connectivity index (χ1v) is 11.3. The first-order valence-electron chi connectivity index (χ1n) is 10.4. The van der Waals surface area contributed by atoms with Crippen molar-refractivity contribution in [2.24, 2.45) is 0 Å². The molecule has 0 aliphatic heterocycles. The zero-order valence-electron chi connectivity index (χ0n) is 18.4. The summed E-state index contributed by atoms with van der Waals surface area (Å²) in [4.78, 5) is 28.0. The lowest BCUT2D eigenvalue weighted by Gasteiger charge is -2.05. The van der Waals surface area contributed by atoms with Crippen LogP contribution in [0.1, 0.15) is 12.7 Å². The number of benzene rings is 2. The summed E-state index contributed by atoms with van der Waals surface area (Å²) in [6, 6.07) is 18.9. The van der Waals surface area contributed by atoms with Gasteiger partial charge in [0.1, 0.15) is 28.9 Å². The van der Waals surface area contributed by atoms with Crippen molar-refractivity contribution in [2.75, 3.05) is 11.9 Å². The third kappa shape index (κ3) is 5.43. The van der Waals surface area contributed by atoms with Gasteiger partial charge in [-0.25, -0.2) is 4.98 Å². The van der Waals surface area contributed by atoms with Crippen molar-refractivity contribution in [1.29, 1.82) is 5.26 Å². The molecule has 10 heteroatoms. The second-order valence-electron chi connectivity index (χ2n) is 7.10. The Hall–Kier alpha value is -4.75. The van der Waals surface area contributed by atoms with Gasteiger partial charge in [0.2, 0.25) is 0 Å². The Labute approximate surface area is 204 Å². The maximum absolute atomic E-state index is 12.6. The summed E-state index contributed by atoms with van der Waals surface area (Å²) in [5, 5.41) is 25.8. The van der Waals surface area contributed by atoms with E-state index in [0.717, 1.165) is 5.56 Å². The molecule has 0 radical (unpaired) electrons. The molecule has 4 rings (SSSR count). The van der Waals surface area contributed by atoms with Gasteiger partial charge in [0.05, 0.1) is 28.9 Å². The molecule has 35 heavy (non-hydrogen) atoms. The van der Waals surface area contributed by atoms with Crippen molar-refractivity contribution < 1.29 is 18.9 Å². The number of nitro groups is 1. The highest BCUT2D eigenvalue weighted by Crippen LogP contribution is 2.34. The molecular formula is C25H18N4O5S. The number of nitrogens with zero attached hydrogens (tertiary/aromatic N) is 3. The fourth-order valence-electron chi connectivity index (χ4n) is 3.23. The smallest absolute Gasteiger partial charge is 0.284 e. The van der Waals surface area contributed by atoms with E-state index in [1.807, 2.05) is 41.8 Å². The van der Waals surface area contributed by atoms with Gasteiger partial charge < -0.3 is 9.15 Å². The van der Waals surface area contributed by atoms with E-state index in [-0.39, 0.29) is 28.3 Å². The second-order valence-corrected chi connectivity index (χ2v) is 7.96. The van der Waals surface area contributed by atoms with Gasteiger partial charge in [0, 0.05) is 17.0 Å². The number of carbonyl (C=O) groups is 1. The summed E-state index contributed by atoms with van der Waals surface area (Å²) in [5.74, 6) is 0.136. The van der Waals surface area contributed by atoms with E-state index in [4.69, 9.17) is 9.15 Å². The zero-order valence-corrected chi connectivity index (χ0v) is 19.2. The number of furan rings is 1. The number of hydrogen-bond donors (Lipinski definition) is 1. The zero-order chi connectivity index (χ0) is 24.8. The Morgan fingerprint density at radius 2 is 2.06 bits per heavy atom.